The minimum atomic E-state index is 0.391. The summed E-state index contributed by atoms with van der Waals surface area (Å²) in [6.45, 7) is 6.29. The molecule has 0 radical (unpaired) electrons. The minimum absolute atomic E-state index is 0.391. The molecule has 0 bridgehead atoms. The first-order valence-electron chi connectivity index (χ1n) is 7.06. The van der Waals surface area contributed by atoms with Gasteiger partial charge in [0.15, 0.2) is 0 Å². The molecule has 0 aliphatic rings. The summed E-state index contributed by atoms with van der Waals surface area (Å²) < 4.78 is 5.26. The Hall–Kier alpha value is -2.76. The van der Waals surface area contributed by atoms with E-state index in [1.54, 1.807) is 0 Å². The molecule has 0 aliphatic heterocycles. The Kier molecular flexibility index (Phi) is 3.82. The Bertz CT molecular complexity index is 776. The zero-order valence-electron chi connectivity index (χ0n) is 12.8. The fraction of sp³-hybridized carbons (Fsp3) is 0.250. The number of nitrogens with one attached hydrogen (secondary N) is 1. The van der Waals surface area contributed by atoms with Crippen molar-refractivity contribution in [3.8, 4) is 11.4 Å². The maximum atomic E-state index is 5.26. The second kappa shape index (κ2) is 5.93. The summed E-state index contributed by atoms with van der Waals surface area (Å²) in [5, 5.41) is 7.11. The molecule has 1 aromatic carbocycles. The van der Waals surface area contributed by atoms with E-state index in [0.717, 1.165) is 22.5 Å². The summed E-state index contributed by atoms with van der Waals surface area (Å²) in [6.07, 6.45) is 0. The van der Waals surface area contributed by atoms with Gasteiger partial charge in [-0.15, -0.1) is 0 Å². The van der Waals surface area contributed by atoms with Crippen LogP contribution in [0.2, 0.25) is 0 Å². The highest BCUT2D eigenvalue weighted by molar-refractivity contribution is 5.55. The average Bonchev–Trinajstić information content (AvgIpc) is 2.93. The van der Waals surface area contributed by atoms with E-state index in [1.807, 2.05) is 51.1 Å². The molecule has 0 saturated heterocycles. The molecule has 0 aliphatic carbocycles. The maximum absolute atomic E-state index is 5.26. The first-order valence-corrected chi connectivity index (χ1v) is 7.06. The van der Waals surface area contributed by atoms with E-state index in [1.165, 1.54) is 0 Å². The molecule has 1 N–H and O–H groups in total. The first kappa shape index (κ1) is 14.2. The smallest absolute Gasteiger partial charge is 0.246 e. The standard InChI is InChI=1S/C16H17N5O/c1-10-5-4-6-13(7-10)15-20-14(22-21-15)9-17-16-18-11(2)8-12(3)19-16/h4-8H,9H2,1-3H3,(H,17,18,19). The molecule has 0 spiro atoms. The molecule has 6 nitrogen and oxygen atoms in total. The van der Waals surface area contributed by atoms with E-state index in [4.69, 9.17) is 4.52 Å². The lowest BCUT2D eigenvalue weighted by molar-refractivity contribution is 0.384. The Morgan fingerprint density at radius 1 is 1.00 bits per heavy atom. The van der Waals surface area contributed by atoms with Crippen molar-refractivity contribution in [2.75, 3.05) is 5.32 Å². The van der Waals surface area contributed by atoms with Crippen molar-refractivity contribution in [3.63, 3.8) is 0 Å². The highest BCUT2D eigenvalue weighted by Crippen LogP contribution is 2.17. The second-order valence-electron chi connectivity index (χ2n) is 5.21. The van der Waals surface area contributed by atoms with Crippen molar-refractivity contribution < 1.29 is 4.52 Å². The molecule has 22 heavy (non-hydrogen) atoms. The zero-order chi connectivity index (χ0) is 15.5. The SMILES string of the molecule is Cc1cccc(-c2noc(CNc3nc(C)cc(C)n3)n2)c1. The van der Waals surface area contributed by atoms with Crippen LogP contribution in [0.3, 0.4) is 0 Å². The van der Waals surface area contributed by atoms with Crippen molar-refractivity contribution in [1.82, 2.24) is 20.1 Å². The third kappa shape index (κ3) is 3.28. The number of aryl methyl sites for hydroxylation is 3. The quantitative estimate of drug-likeness (QED) is 0.797. The first-order chi connectivity index (χ1) is 10.6. The topological polar surface area (TPSA) is 76.7 Å². The van der Waals surface area contributed by atoms with Gasteiger partial charge in [-0.3, -0.25) is 0 Å². The van der Waals surface area contributed by atoms with Crippen LogP contribution in [0.4, 0.5) is 5.95 Å². The van der Waals surface area contributed by atoms with Crippen molar-refractivity contribution >= 4 is 5.95 Å². The molecule has 0 saturated carbocycles. The van der Waals surface area contributed by atoms with Crippen LogP contribution in [0, 0.1) is 20.8 Å². The van der Waals surface area contributed by atoms with Crippen molar-refractivity contribution in [3.05, 3.63) is 53.2 Å². The summed E-state index contributed by atoms with van der Waals surface area (Å²) in [6, 6.07) is 9.91. The largest absolute Gasteiger partial charge is 0.345 e. The van der Waals surface area contributed by atoms with Gasteiger partial charge in [-0.25, -0.2) is 9.97 Å². The predicted molar refractivity (Wildman–Crippen MR) is 83.3 cm³/mol. The molecule has 3 aromatic rings. The Labute approximate surface area is 128 Å². The van der Waals surface area contributed by atoms with Crippen LogP contribution in [0.1, 0.15) is 22.8 Å². The molecule has 0 atom stereocenters. The molecule has 112 valence electrons. The van der Waals surface area contributed by atoms with Crippen LogP contribution in [0.15, 0.2) is 34.9 Å². The van der Waals surface area contributed by atoms with Gasteiger partial charge in [-0.1, -0.05) is 28.9 Å². The second-order valence-corrected chi connectivity index (χ2v) is 5.21. The van der Waals surface area contributed by atoms with E-state index in [2.05, 4.69) is 25.4 Å². The molecule has 0 unspecified atom stereocenters. The summed E-state index contributed by atoms with van der Waals surface area (Å²) in [5.74, 6) is 1.65. The van der Waals surface area contributed by atoms with Crippen molar-refractivity contribution in [2.24, 2.45) is 0 Å². The summed E-state index contributed by atoms with van der Waals surface area (Å²) in [7, 11) is 0. The minimum Gasteiger partial charge on any atom is -0.345 e. The van der Waals surface area contributed by atoms with Gasteiger partial charge in [0.05, 0.1) is 6.54 Å². The highest BCUT2D eigenvalue weighted by Gasteiger charge is 2.09. The molecule has 2 aromatic heterocycles. The highest BCUT2D eigenvalue weighted by atomic mass is 16.5. The summed E-state index contributed by atoms with van der Waals surface area (Å²) in [5.41, 5.74) is 3.94. The summed E-state index contributed by atoms with van der Waals surface area (Å²) >= 11 is 0. The van der Waals surface area contributed by atoms with Gasteiger partial charge in [-0.2, -0.15) is 4.98 Å². The molecular weight excluding hydrogens is 278 g/mol. The number of nitrogens with zero attached hydrogens (tertiary/aromatic N) is 4. The number of rotatable bonds is 4. The lowest BCUT2D eigenvalue weighted by Gasteiger charge is -2.03. The van der Waals surface area contributed by atoms with Gasteiger partial charge in [-0.05, 0) is 32.9 Å². The Balaban J connectivity index is 1.72. The molecule has 0 amide bonds. The van der Waals surface area contributed by atoms with Crippen LogP contribution in [0.25, 0.3) is 11.4 Å². The monoisotopic (exact) mass is 295 g/mol. The number of anilines is 1. The van der Waals surface area contributed by atoms with E-state index in [0.29, 0.717) is 24.2 Å². The van der Waals surface area contributed by atoms with Gasteiger partial charge < -0.3 is 9.84 Å². The van der Waals surface area contributed by atoms with Crippen molar-refractivity contribution in [1.29, 1.82) is 0 Å². The lowest BCUT2D eigenvalue weighted by atomic mass is 10.1. The van der Waals surface area contributed by atoms with Gasteiger partial charge in [0.1, 0.15) is 0 Å². The molecular formula is C16H17N5O. The van der Waals surface area contributed by atoms with Crippen LogP contribution >= 0.6 is 0 Å². The molecule has 2 heterocycles. The van der Waals surface area contributed by atoms with E-state index < -0.39 is 0 Å². The van der Waals surface area contributed by atoms with Crippen LogP contribution < -0.4 is 5.32 Å². The molecule has 3 rings (SSSR count). The zero-order valence-corrected chi connectivity index (χ0v) is 12.8. The molecule has 0 fully saturated rings. The fourth-order valence-electron chi connectivity index (χ4n) is 2.19. The third-order valence-corrected chi connectivity index (χ3v) is 3.12. The van der Waals surface area contributed by atoms with E-state index >= 15 is 0 Å². The van der Waals surface area contributed by atoms with Gasteiger partial charge in [0, 0.05) is 17.0 Å². The van der Waals surface area contributed by atoms with E-state index in [-0.39, 0.29) is 0 Å². The van der Waals surface area contributed by atoms with Gasteiger partial charge >= 0.3 is 0 Å². The third-order valence-electron chi connectivity index (χ3n) is 3.12. The Morgan fingerprint density at radius 3 is 2.50 bits per heavy atom. The fourth-order valence-corrected chi connectivity index (χ4v) is 2.19. The number of hydrogen-bond donors (Lipinski definition) is 1. The molecule has 6 heteroatoms. The number of aromatic nitrogens is 4. The lowest BCUT2D eigenvalue weighted by Crippen LogP contribution is -2.05. The van der Waals surface area contributed by atoms with Crippen LogP contribution in [-0.2, 0) is 6.54 Å². The Morgan fingerprint density at radius 2 is 1.77 bits per heavy atom. The number of hydrogen-bond acceptors (Lipinski definition) is 6. The maximum Gasteiger partial charge on any atom is 0.246 e. The van der Waals surface area contributed by atoms with Gasteiger partial charge in [0.2, 0.25) is 17.7 Å². The van der Waals surface area contributed by atoms with E-state index in [9.17, 15) is 0 Å². The van der Waals surface area contributed by atoms with Crippen LogP contribution in [-0.4, -0.2) is 20.1 Å². The summed E-state index contributed by atoms with van der Waals surface area (Å²) in [4.78, 5) is 13.0. The number of benzene rings is 1. The predicted octanol–water partition coefficient (Wildman–Crippen LogP) is 3.06. The van der Waals surface area contributed by atoms with Gasteiger partial charge in [0.25, 0.3) is 0 Å². The van der Waals surface area contributed by atoms with Crippen molar-refractivity contribution in [2.45, 2.75) is 27.3 Å². The average molecular weight is 295 g/mol. The van der Waals surface area contributed by atoms with Crippen LogP contribution in [0.5, 0.6) is 0 Å². The normalized spacial score (nSPS) is 10.7.